The van der Waals surface area contributed by atoms with Gasteiger partial charge in [-0.15, -0.1) is 0 Å². The third kappa shape index (κ3) is 3.30. The number of carbonyl (C=O) groups excluding carboxylic acids is 1. The molecule has 1 saturated heterocycles. The Labute approximate surface area is 107 Å². The highest BCUT2D eigenvalue weighted by Gasteiger charge is 2.31. The summed E-state index contributed by atoms with van der Waals surface area (Å²) in [6, 6.07) is 4.14. The fourth-order valence-corrected chi connectivity index (χ4v) is 1.96. The largest absolute Gasteiger partial charge is 0.489 e. The quantitative estimate of drug-likeness (QED) is 0.899. The van der Waals surface area contributed by atoms with E-state index in [1.54, 1.807) is 0 Å². The Balaban J connectivity index is 2.03. The first-order chi connectivity index (χ1) is 8.86. The average molecular weight is 274 g/mol. The van der Waals surface area contributed by atoms with Crippen molar-refractivity contribution < 1.29 is 22.7 Å². The number of carbonyl (C=O) groups is 1. The molecule has 2 rings (SSSR count). The van der Waals surface area contributed by atoms with Crippen LogP contribution in [0.15, 0.2) is 24.3 Å². The maximum atomic E-state index is 12.5. The first kappa shape index (κ1) is 13.5. The Bertz CT molecular complexity index is 476. The van der Waals surface area contributed by atoms with Gasteiger partial charge in [-0.05, 0) is 18.2 Å². The molecule has 0 aromatic heterocycles. The number of primary amides is 1. The summed E-state index contributed by atoms with van der Waals surface area (Å²) in [7, 11) is 0. The molecule has 104 valence electrons. The van der Waals surface area contributed by atoms with Gasteiger partial charge in [-0.25, -0.2) is 4.79 Å². The van der Waals surface area contributed by atoms with Crippen LogP contribution in [-0.2, 0) is 6.18 Å². The van der Waals surface area contributed by atoms with Gasteiger partial charge in [0, 0.05) is 13.0 Å². The van der Waals surface area contributed by atoms with Crippen molar-refractivity contribution >= 4 is 6.03 Å². The van der Waals surface area contributed by atoms with Gasteiger partial charge in [0.15, 0.2) is 0 Å². The number of halogens is 3. The number of urea groups is 1. The van der Waals surface area contributed by atoms with Gasteiger partial charge in [0.25, 0.3) is 0 Å². The molecular weight excluding hydrogens is 261 g/mol. The van der Waals surface area contributed by atoms with Gasteiger partial charge < -0.3 is 15.4 Å². The molecule has 19 heavy (non-hydrogen) atoms. The van der Waals surface area contributed by atoms with Crippen LogP contribution in [0, 0.1) is 0 Å². The second-order valence-corrected chi connectivity index (χ2v) is 4.34. The molecule has 1 aliphatic heterocycles. The van der Waals surface area contributed by atoms with E-state index < -0.39 is 17.8 Å². The van der Waals surface area contributed by atoms with E-state index in [4.69, 9.17) is 10.5 Å². The van der Waals surface area contributed by atoms with Gasteiger partial charge in [-0.1, -0.05) is 6.07 Å². The number of benzene rings is 1. The third-order valence-corrected chi connectivity index (χ3v) is 2.92. The van der Waals surface area contributed by atoms with Gasteiger partial charge in [0.2, 0.25) is 0 Å². The Kier molecular flexibility index (Phi) is 3.55. The molecule has 0 radical (unpaired) electrons. The summed E-state index contributed by atoms with van der Waals surface area (Å²) in [6.07, 6.45) is -4.16. The zero-order valence-electron chi connectivity index (χ0n) is 9.98. The van der Waals surface area contributed by atoms with Gasteiger partial charge in [-0.3, -0.25) is 0 Å². The highest BCUT2D eigenvalue weighted by Crippen LogP contribution is 2.31. The molecule has 1 fully saturated rings. The predicted octanol–water partition coefficient (Wildman–Crippen LogP) is 2.24. The number of likely N-dealkylation sites (tertiary alicyclic amines) is 1. The van der Waals surface area contributed by atoms with Gasteiger partial charge in [-0.2, -0.15) is 13.2 Å². The van der Waals surface area contributed by atoms with Crippen molar-refractivity contribution in [1.29, 1.82) is 0 Å². The minimum atomic E-state index is -4.39. The number of hydrogen-bond donors (Lipinski definition) is 1. The van der Waals surface area contributed by atoms with Crippen LogP contribution in [0.2, 0.25) is 0 Å². The molecule has 1 aliphatic rings. The smallest absolute Gasteiger partial charge is 0.416 e. The van der Waals surface area contributed by atoms with Crippen LogP contribution in [0.1, 0.15) is 12.0 Å². The highest BCUT2D eigenvalue weighted by atomic mass is 19.4. The first-order valence-corrected chi connectivity index (χ1v) is 5.74. The second kappa shape index (κ2) is 4.99. The van der Waals surface area contributed by atoms with Crippen LogP contribution in [0.3, 0.4) is 0 Å². The lowest BCUT2D eigenvalue weighted by atomic mass is 10.2. The standard InChI is InChI=1S/C12H13F3N2O2/c13-12(14,15)8-2-1-3-9(6-8)19-10-4-5-17(7-10)11(16)18/h1-3,6,10H,4-5,7H2,(H2,16,18). The van der Waals surface area contributed by atoms with Gasteiger partial charge in [0.1, 0.15) is 11.9 Å². The van der Waals surface area contributed by atoms with E-state index in [2.05, 4.69) is 0 Å². The first-order valence-electron chi connectivity index (χ1n) is 5.74. The molecular formula is C12H13F3N2O2. The number of hydrogen-bond acceptors (Lipinski definition) is 2. The van der Waals surface area contributed by atoms with Crippen molar-refractivity contribution in [3.8, 4) is 5.75 Å². The Hall–Kier alpha value is -1.92. The SMILES string of the molecule is NC(=O)N1CCC(Oc2cccc(C(F)(F)F)c2)C1. The Morgan fingerprint density at radius 2 is 2.16 bits per heavy atom. The van der Waals surface area contributed by atoms with E-state index in [0.29, 0.717) is 19.5 Å². The van der Waals surface area contributed by atoms with Crippen molar-refractivity contribution in [3.05, 3.63) is 29.8 Å². The van der Waals surface area contributed by atoms with E-state index in [1.165, 1.54) is 17.0 Å². The Morgan fingerprint density at radius 1 is 1.42 bits per heavy atom. The molecule has 0 aliphatic carbocycles. The maximum absolute atomic E-state index is 12.5. The monoisotopic (exact) mass is 274 g/mol. The molecule has 1 atom stereocenters. The molecule has 0 spiro atoms. The minimum absolute atomic E-state index is 0.145. The lowest BCUT2D eigenvalue weighted by molar-refractivity contribution is -0.137. The summed E-state index contributed by atoms with van der Waals surface area (Å²) in [5.41, 5.74) is 4.36. The molecule has 2 N–H and O–H groups in total. The highest BCUT2D eigenvalue weighted by molar-refractivity contribution is 5.72. The van der Waals surface area contributed by atoms with Crippen molar-refractivity contribution in [1.82, 2.24) is 4.90 Å². The van der Waals surface area contributed by atoms with Crippen LogP contribution < -0.4 is 10.5 Å². The number of amides is 2. The van der Waals surface area contributed by atoms with Crippen LogP contribution in [0.5, 0.6) is 5.75 Å². The summed E-state index contributed by atoms with van der Waals surface area (Å²) in [5.74, 6) is 0.145. The molecule has 1 unspecified atom stereocenters. The number of nitrogens with two attached hydrogens (primary N) is 1. The van der Waals surface area contributed by atoms with E-state index >= 15 is 0 Å². The zero-order valence-corrected chi connectivity index (χ0v) is 9.98. The van der Waals surface area contributed by atoms with Gasteiger partial charge >= 0.3 is 12.2 Å². The van der Waals surface area contributed by atoms with Crippen molar-refractivity contribution in [2.45, 2.75) is 18.7 Å². The maximum Gasteiger partial charge on any atom is 0.416 e. The molecule has 1 heterocycles. The third-order valence-electron chi connectivity index (χ3n) is 2.92. The van der Waals surface area contributed by atoms with E-state index in [0.717, 1.165) is 12.1 Å². The summed E-state index contributed by atoms with van der Waals surface area (Å²) in [6.45, 7) is 0.755. The topological polar surface area (TPSA) is 55.6 Å². The molecule has 2 amide bonds. The van der Waals surface area contributed by atoms with Crippen LogP contribution in [-0.4, -0.2) is 30.1 Å². The summed E-state index contributed by atoms with van der Waals surface area (Å²) >= 11 is 0. The lowest BCUT2D eigenvalue weighted by Gasteiger charge is -2.16. The van der Waals surface area contributed by atoms with Crippen LogP contribution in [0.4, 0.5) is 18.0 Å². The second-order valence-electron chi connectivity index (χ2n) is 4.34. The lowest BCUT2D eigenvalue weighted by Crippen LogP contribution is -2.35. The minimum Gasteiger partial charge on any atom is -0.489 e. The van der Waals surface area contributed by atoms with Crippen molar-refractivity contribution in [2.24, 2.45) is 5.73 Å². The van der Waals surface area contributed by atoms with E-state index in [1.807, 2.05) is 0 Å². The Morgan fingerprint density at radius 3 is 2.74 bits per heavy atom. The van der Waals surface area contributed by atoms with Crippen molar-refractivity contribution in [2.75, 3.05) is 13.1 Å². The zero-order chi connectivity index (χ0) is 14.0. The predicted molar refractivity (Wildman–Crippen MR) is 61.6 cm³/mol. The molecule has 4 nitrogen and oxygen atoms in total. The summed E-state index contributed by atoms with van der Waals surface area (Å²) < 4.78 is 43.0. The fourth-order valence-electron chi connectivity index (χ4n) is 1.96. The molecule has 0 saturated carbocycles. The molecule has 7 heteroatoms. The molecule has 1 aromatic carbocycles. The average Bonchev–Trinajstić information content (AvgIpc) is 2.77. The van der Waals surface area contributed by atoms with Crippen LogP contribution >= 0.6 is 0 Å². The van der Waals surface area contributed by atoms with Crippen molar-refractivity contribution in [3.63, 3.8) is 0 Å². The fraction of sp³-hybridized carbons (Fsp3) is 0.417. The van der Waals surface area contributed by atoms with Crippen LogP contribution in [0.25, 0.3) is 0 Å². The van der Waals surface area contributed by atoms with E-state index in [9.17, 15) is 18.0 Å². The molecule has 1 aromatic rings. The summed E-state index contributed by atoms with van der Waals surface area (Å²) in [4.78, 5) is 12.3. The normalized spacial score (nSPS) is 19.5. The van der Waals surface area contributed by atoms with Gasteiger partial charge in [0.05, 0.1) is 12.1 Å². The summed E-state index contributed by atoms with van der Waals surface area (Å²) in [5, 5.41) is 0. The number of ether oxygens (including phenoxy) is 1. The number of nitrogens with zero attached hydrogens (tertiary/aromatic N) is 1. The van der Waals surface area contributed by atoms with E-state index in [-0.39, 0.29) is 11.9 Å². The number of rotatable bonds is 2. The number of alkyl halides is 3. The molecule has 0 bridgehead atoms.